The highest BCUT2D eigenvalue weighted by Crippen LogP contribution is 2.35. The van der Waals surface area contributed by atoms with E-state index in [1.54, 1.807) is 19.2 Å². The number of methoxy groups -OCH3 is 2. The van der Waals surface area contributed by atoms with Crippen molar-refractivity contribution in [2.24, 2.45) is 0 Å². The van der Waals surface area contributed by atoms with E-state index >= 15 is 0 Å². The molecule has 4 nitrogen and oxygen atoms in total. The lowest BCUT2D eigenvalue weighted by Crippen LogP contribution is -2.11. The average molecular weight is 243 g/mol. The average Bonchev–Trinajstić information content (AvgIpc) is 2.36. The Bertz CT molecular complexity index is 358. The fraction of sp³-hybridized carbons (Fsp3) is 0.500. The molecule has 0 unspecified atom stereocenters. The summed E-state index contributed by atoms with van der Waals surface area (Å²) < 4.78 is 27.4. The molecule has 5 heteroatoms. The van der Waals surface area contributed by atoms with Gasteiger partial charge in [0, 0.05) is 6.07 Å². The molecule has 0 atom stereocenters. The Hall–Kier alpha value is -1.49. The van der Waals surface area contributed by atoms with Gasteiger partial charge in [-0.1, -0.05) is 0 Å². The molecule has 0 aliphatic rings. The van der Waals surface area contributed by atoms with Crippen molar-refractivity contribution in [3.63, 3.8) is 0 Å². The Kier molecular flexibility index (Phi) is 5.56. The molecule has 1 N–H and O–H groups in total. The number of halogens is 1. The van der Waals surface area contributed by atoms with Crippen LogP contribution in [0.3, 0.4) is 0 Å². The Morgan fingerprint density at radius 3 is 2.35 bits per heavy atom. The van der Waals surface area contributed by atoms with E-state index in [4.69, 9.17) is 14.2 Å². The van der Waals surface area contributed by atoms with Gasteiger partial charge in [-0.25, -0.2) is 4.39 Å². The van der Waals surface area contributed by atoms with Crippen molar-refractivity contribution in [1.29, 1.82) is 0 Å². The summed E-state index contributed by atoms with van der Waals surface area (Å²) in [4.78, 5) is 0. The number of alkyl halides is 1. The standard InChI is InChI=1S/C12H18FNO3/c1-14-5-4-9-6-11(16-3)12(17-8-13)7-10(9)15-2/h6-7,14H,4-5,8H2,1-3H3. The minimum atomic E-state index is -0.893. The molecule has 0 fully saturated rings. The van der Waals surface area contributed by atoms with Crippen LogP contribution in [-0.2, 0) is 6.42 Å². The number of nitrogens with one attached hydrogen (secondary N) is 1. The SMILES string of the molecule is CNCCc1cc(OC)c(OCF)cc1OC. The van der Waals surface area contributed by atoms with Gasteiger partial charge < -0.3 is 19.5 Å². The molecule has 0 aliphatic carbocycles. The van der Waals surface area contributed by atoms with Crippen LogP contribution < -0.4 is 19.5 Å². The van der Waals surface area contributed by atoms with Crippen molar-refractivity contribution in [2.45, 2.75) is 6.42 Å². The first-order valence-electron chi connectivity index (χ1n) is 5.35. The van der Waals surface area contributed by atoms with E-state index in [1.165, 1.54) is 7.11 Å². The third-order valence-corrected chi connectivity index (χ3v) is 2.42. The zero-order chi connectivity index (χ0) is 12.7. The number of benzene rings is 1. The van der Waals surface area contributed by atoms with Crippen molar-refractivity contribution in [1.82, 2.24) is 5.32 Å². The molecule has 96 valence electrons. The van der Waals surface area contributed by atoms with E-state index < -0.39 is 6.86 Å². The Balaban J connectivity index is 3.04. The van der Waals surface area contributed by atoms with Crippen LogP contribution in [0.5, 0.6) is 17.2 Å². The quantitative estimate of drug-likeness (QED) is 0.792. The summed E-state index contributed by atoms with van der Waals surface area (Å²) in [6.45, 7) is -0.0712. The lowest BCUT2D eigenvalue weighted by atomic mass is 10.1. The van der Waals surface area contributed by atoms with Gasteiger partial charge in [-0.3, -0.25) is 0 Å². The lowest BCUT2D eigenvalue weighted by Gasteiger charge is -2.14. The smallest absolute Gasteiger partial charge is 0.228 e. The Morgan fingerprint density at radius 2 is 1.82 bits per heavy atom. The third-order valence-electron chi connectivity index (χ3n) is 2.42. The second kappa shape index (κ2) is 6.96. The first-order valence-corrected chi connectivity index (χ1v) is 5.35. The van der Waals surface area contributed by atoms with Gasteiger partial charge in [0.2, 0.25) is 6.86 Å². The van der Waals surface area contributed by atoms with Gasteiger partial charge in [-0.05, 0) is 31.6 Å². The molecule has 0 saturated heterocycles. The van der Waals surface area contributed by atoms with Crippen molar-refractivity contribution in [3.8, 4) is 17.2 Å². The van der Waals surface area contributed by atoms with Crippen molar-refractivity contribution < 1.29 is 18.6 Å². The van der Waals surface area contributed by atoms with Crippen LogP contribution in [0.1, 0.15) is 5.56 Å². The van der Waals surface area contributed by atoms with E-state index in [0.29, 0.717) is 17.2 Å². The van der Waals surface area contributed by atoms with E-state index in [-0.39, 0.29) is 0 Å². The summed E-state index contributed by atoms with van der Waals surface area (Å²) in [6, 6.07) is 3.45. The summed E-state index contributed by atoms with van der Waals surface area (Å²) in [6.07, 6.45) is 0.798. The van der Waals surface area contributed by atoms with Crippen LogP contribution in [0.15, 0.2) is 12.1 Å². The fourth-order valence-electron chi connectivity index (χ4n) is 1.56. The molecular weight excluding hydrogens is 225 g/mol. The van der Waals surface area contributed by atoms with Crippen molar-refractivity contribution in [3.05, 3.63) is 17.7 Å². The zero-order valence-electron chi connectivity index (χ0n) is 10.4. The third kappa shape index (κ3) is 3.49. The molecule has 0 bridgehead atoms. The second-order valence-corrected chi connectivity index (χ2v) is 3.42. The van der Waals surface area contributed by atoms with Crippen molar-refractivity contribution in [2.75, 3.05) is 34.7 Å². The molecule has 1 aromatic carbocycles. The summed E-state index contributed by atoms with van der Waals surface area (Å²) in [5, 5.41) is 3.06. The fourth-order valence-corrected chi connectivity index (χ4v) is 1.56. The van der Waals surface area contributed by atoms with E-state index in [2.05, 4.69) is 5.32 Å². The molecule has 0 radical (unpaired) electrons. The first-order chi connectivity index (χ1) is 8.26. The number of hydrogen-bond acceptors (Lipinski definition) is 4. The van der Waals surface area contributed by atoms with Gasteiger partial charge in [-0.2, -0.15) is 0 Å². The van der Waals surface area contributed by atoms with Crippen LogP contribution in [0.4, 0.5) is 4.39 Å². The molecule has 1 rings (SSSR count). The van der Waals surface area contributed by atoms with Crippen molar-refractivity contribution >= 4 is 0 Å². The molecule has 0 spiro atoms. The highest BCUT2D eigenvalue weighted by Gasteiger charge is 2.12. The predicted octanol–water partition coefficient (Wildman–Crippen LogP) is 1.77. The summed E-state index contributed by atoms with van der Waals surface area (Å²) in [7, 11) is 4.98. The number of rotatable bonds is 7. The zero-order valence-corrected chi connectivity index (χ0v) is 10.4. The largest absolute Gasteiger partial charge is 0.496 e. The van der Waals surface area contributed by atoms with Crippen LogP contribution >= 0.6 is 0 Å². The molecular formula is C12H18FNO3. The molecule has 0 amide bonds. The number of ether oxygens (including phenoxy) is 3. The topological polar surface area (TPSA) is 39.7 Å². The normalized spacial score (nSPS) is 10.1. The van der Waals surface area contributed by atoms with E-state index in [9.17, 15) is 4.39 Å². The van der Waals surface area contributed by atoms with E-state index in [0.717, 1.165) is 18.5 Å². The van der Waals surface area contributed by atoms with Gasteiger partial charge >= 0.3 is 0 Å². The molecule has 0 aromatic heterocycles. The lowest BCUT2D eigenvalue weighted by molar-refractivity contribution is 0.184. The first kappa shape index (κ1) is 13.6. The Morgan fingerprint density at radius 1 is 1.12 bits per heavy atom. The highest BCUT2D eigenvalue weighted by atomic mass is 19.1. The van der Waals surface area contributed by atoms with Crippen LogP contribution in [-0.4, -0.2) is 34.7 Å². The van der Waals surface area contributed by atoms with Gasteiger partial charge in [-0.15, -0.1) is 0 Å². The molecule has 1 aromatic rings. The molecule has 0 heterocycles. The minimum absolute atomic E-state index is 0.347. The van der Waals surface area contributed by atoms with Crippen LogP contribution in [0.2, 0.25) is 0 Å². The van der Waals surface area contributed by atoms with Gasteiger partial charge in [0.15, 0.2) is 11.5 Å². The van der Waals surface area contributed by atoms with Gasteiger partial charge in [0.1, 0.15) is 5.75 Å². The Labute approximate surface area is 101 Å². The predicted molar refractivity (Wildman–Crippen MR) is 63.8 cm³/mol. The maximum Gasteiger partial charge on any atom is 0.228 e. The van der Waals surface area contributed by atoms with Crippen LogP contribution in [0.25, 0.3) is 0 Å². The van der Waals surface area contributed by atoms with Crippen LogP contribution in [0, 0.1) is 0 Å². The molecule has 0 aliphatic heterocycles. The summed E-state index contributed by atoms with van der Waals surface area (Å²) >= 11 is 0. The van der Waals surface area contributed by atoms with Gasteiger partial charge in [0.25, 0.3) is 0 Å². The van der Waals surface area contributed by atoms with Gasteiger partial charge in [0.05, 0.1) is 14.2 Å². The second-order valence-electron chi connectivity index (χ2n) is 3.42. The van der Waals surface area contributed by atoms with E-state index in [1.807, 2.05) is 7.05 Å². The summed E-state index contributed by atoms with van der Waals surface area (Å²) in [5.41, 5.74) is 0.991. The monoisotopic (exact) mass is 243 g/mol. The number of hydrogen-bond donors (Lipinski definition) is 1. The maximum atomic E-state index is 12.2. The molecule has 0 saturated carbocycles. The maximum absolute atomic E-state index is 12.2. The summed E-state index contributed by atoms with van der Waals surface area (Å²) in [5.74, 6) is 1.53. The highest BCUT2D eigenvalue weighted by molar-refractivity contribution is 5.50. The number of likely N-dealkylation sites (N-methyl/N-ethyl adjacent to an activating group) is 1. The molecule has 17 heavy (non-hydrogen) atoms. The minimum Gasteiger partial charge on any atom is -0.496 e.